The maximum absolute atomic E-state index is 11.6. The number of rotatable bonds is 3. The van der Waals surface area contributed by atoms with Crippen molar-refractivity contribution in [2.75, 3.05) is 5.32 Å². The van der Waals surface area contributed by atoms with Gasteiger partial charge in [-0.1, -0.05) is 6.07 Å². The molecule has 0 aromatic heterocycles. The molecule has 0 saturated carbocycles. The summed E-state index contributed by atoms with van der Waals surface area (Å²) in [7, 11) is 0. The molecule has 0 saturated heterocycles. The number of carbonyl (C=O) groups excluding carboxylic acids is 1. The molecule has 1 aromatic carbocycles. The van der Waals surface area contributed by atoms with Crippen molar-refractivity contribution in [2.45, 2.75) is 49.4 Å². The van der Waals surface area contributed by atoms with Crippen LogP contribution in [0.3, 0.4) is 0 Å². The molecule has 0 bridgehead atoms. The maximum atomic E-state index is 11.6. The Kier molecular flexibility index (Phi) is 3.69. The summed E-state index contributed by atoms with van der Waals surface area (Å²) in [4.78, 5) is 12.7. The van der Waals surface area contributed by atoms with Crippen LogP contribution in [0.25, 0.3) is 0 Å². The van der Waals surface area contributed by atoms with Crippen LogP contribution in [0.5, 0.6) is 0 Å². The van der Waals surface area contributed by atoms with E-state index in [1.54, 1.807) is 11.8 Å². The van der Waals surface area contributed by atoms with Gasteiger partial charge in [-0.15, -0.1) is 11.8 Å². The van der Waals surface area contributed by atoms with Crippen molar-refractivity contribution in [3.05, 3.63) is 23.8 Å². The average Bonchev–Trinajstić information content (AvgIpc) is 2.27. The molecule has 1 amide bonds. The molecule has 4 heteroatoms. The minimum absolute atomic E-state index is 0.0280. The van der Waals surface area contributed by atoms with Crippen LogP contribution in [0.1, 0.15) is 32.8 Å². The molecule has 1 unspecified atom stereocenters. The second-order valence-electron chi connectivity index (χ2n) is 5.39. The van der Waals surface area contributed by atoms with Gasteiger partial charge in [0.15, 0.2) is 0 Å². The first-order valence-corrected chi connectivity index (χ1v) is 7.06. The fourth-order valence-electron chi connectivity index (χ4n) is 1.86. The molecule has 1 heterocycles. The van der Waals surface area contributed by atoms with Crippen LogP contribution in [0.4, 0.5) is 5.69 Å². The largest absolute Gasteiger partial charge is 0.390 e. The van der Waals surface area contributed by atoms with Gasteiger partial charge in [-0.3, -0.25) is 4.79 Å². The van der Waals surface area contributed by atoms with Gasteiger partial charge >= 0.3 is 0 Å². The third-order valence-corrected chi connectivity index (χ3v) is 4.18. The maximum Gasteiger partial charge on any atom is 0.237 e. The van der Waals surface area contributed by atoms with Crippen LogP contribution < -0.4 is 5.32 Å². The number of aliphatic hydroxyl groups is 1. The van der Waals surface area contributed by atoms with E-state index in [2.05, 4.69) is 17.4 Å². The molecule has 1 atom stereocenters. The predicted octanol–water partition coefficient (Wildman–Crippen LogP) is 2.82. The van der Waals surface area contributed by atoms with Crippen molar-refractivity contribution in [1.82, 2.24) is 0 Å². The van der Waals surface area contributed by atoms with E-state index in [0.29, 0.717) is 6.42 Å². The van der Waals surface area contributed by atoms with Crippen molar-refractivity contribution < 1.29 is 9.90 Å². The van der Waals surface area contributed by atoms with Crippen molar-refractivity contribution in [3.63, 3.8) is 0 Å². The molecular formula is C14H19NO2S. The lowest BCUT2D eigenvalue weighted by molar-refractivity contribution is -0.115. The number of thioether (sulfide) groups is 1. The van der Waals surface area contributed by atoms with Crippen molar-refractivity contribution >= 4 is 23.4 Å². The summed E-state index contributed by atoms with van der Waals surface area (Å²) in [5, 5.41) is 12.6. The van der Waals surface area contributed by atoms with Gasteiger partial charge in [-0.25, -0.2) is 0 Å². The molecule has 1 aliphatic heterocycles. The Morgan fingerprint density at radius 3 is 2.83 bits per heavy atom. The minimum atomic E-state index is -0.650. The van der Waals surface area contributed by atoms with Gasteiger partial charge < -0.3 is 10.4 Å². The number of benzene rings is 1. The Morgan fingerprint density at radius 2 is 2.17 bits per heavy atom. The van der Waals surface area contributed by atoms with Crippen molar-refractivity contribution in [1.29, 1.82) is 0 Å². The summed E-state index contributed by atoms with van der Waals surface area (Å²) in [6.07, 6.45) is 1.52. The summed E-state index contributed by atoms with van der Waals surface area (Å²) < 4.78 is 0. The van der Waals surface area contributed by atoms with Gasteiger partial charge in [0.2, 0.25) is 5.91 Å². The third kappa shape index (κ3) is 3.27. The van der Waals surface area contributed by atoms with Crippen LogP contribution in [0.15, 0.2) is 23.1 Å². The van der Waals surface area contributed by atoms with E-state index in [1.165, 1.54) is 0 Å². The molecule has 98 valence electrons. The quantitative estimate of drug-likeness (QED) is 0.883. The first-order chi connectivity index (χ1) is 8.35. The first kappa shape index (κ1) is 13.4. The molecule has 2 rings (SSSR count). The van der Waals surface area contributed by atoms with Crippen LogP contribution in [0.2, 0.25) is 0 Å². The summed E-state index contributed by atoms with van der Waals surface area (Å²) in [5.41, 5.74) is 1.39. The highest BCUT2D eigenvalue weighted by atomic mass is 32.2. The summed E-state index contributed by atoms with van der Waals surface area (Å²) in [6, 6.07) is 6.13. The molecule has 0 aliphatic carbocycles. The van der Waals surface area contributed by atoms with Crippen molar-refractivity contribution in [2.24, 2.45) is 0 Å². The summed E-state index contributed by atoms with van der Waals surface area (Å²) >= 11 is 1.59. The van der Waals surface area contributed by atoms with Gasteiger partial charge in [0, 0.05) is 4.90 Å². The van der Waals surface area contributed by atoms with E-state index in [0.717, 1.165) is 22.6 Å². The molecule has 0 radical (unpaired) electrons. The van der Waals surface area contributed by atoms with Gasteiger partial charge in [-0.2, -0.15) is 0 Å². The van der Waals surface area contributed by atoms with Gasteiger partial charge in [0.25, 0.3) is 0 Å². The number of hydrogen-bond acceptors (Lipinski definition) is 3. The molecule has 2 N–H and O–H groups in total. The number of nitrogens with one attached hydrogen (secondary N) is 1. The Morgan fingerprint density at radius 1 is 1.44 bits per heavy atom. The molecule has 0 spiro atoms. The van der Waals surface area contributed by atoms with E-state index >= 15 is 0 Å². The van der Waals surface area contributed by atoms with Crippen LogP contribution in [0, 0.1) is 0 Å². The zero-order chi connectivity index (χ0) is 13.3. The second-order valence-corrected chi connectivity index (χ2v) is 6.77. The smallest absolute Gasteiger partial charge is 0.237 e. The minimum Gasteiger partial charge on any atom is -0.390 e. The Balaban J connectivity index is 2.13. The lowest BCUT2D eigenvalue weighted by atomic mass is 9.98. The second kappa shape index (κ2) is 4.94. The average molecular weight is 265 g/mol. The highest BCUT2D eigenvalue weighted by Gasteiger charge is 2.23. The molecule has 1 aliphatic rings. The number of hydrogen-bond donors (Lipinski definition) is 2. The predicted molar refractivity (Wildman–Crippen MR) is 75.0 cm³/mol. The topological polar surface area (TPSA) is 49.3 Å². The highest BCUT2D eigenvalue weighted by Crippen LogP contribution is 2.36. The molecule has 3 nitrogen and oxygen atoms in total. The van der Waals surface area contributed by atoms with Crippen LogP contribution >= 0.6 is 11.8 Å². The lowest BCUT2D eigenvalue weighted by Gasteiger charge is -2.22. The van der Waals surface area contributed by atoms with Gasteiger partial charge in [0.1, 0.15) is 0 Å². The first-order valence-electron chi connectivity index (χ1n) is 6.18. The molecule has 0 fully saturated rings. The summed E-state index contributed by atoms with van der Waals surface area (Å²) in [5.74, 6) is 0.0622. The monoisotopic (exact) mass is 265 g/mol. The highest BCUT2D eigenvalue weighted by molar-refractivity contribution is 8.00. The summed E-state index contributed by atoms with van der Waals surface area (Å²) in [6.45, 7) is 5.53. The van der Waals surface area contributed by atoms with E-state index in [1.807, 2.05) is 26.8 Å². The number of aryl methyl sites for hydroxylation is 1. The van der Waals surface area contributed by atoms with E-state index in [4.69, 9.17) is 0 Å². The van der Waals surface area contributed by atoms with Crippen LogP contribution in [-0.2, 0) is 11.2 Å². The van der Waals surface area contributed by atoms with E-state index < -0.39 is 5.60 Å². The number of carbonyl (C=O) groups is 1. The zero-order valence-corrected chi connectivity index (χ0v) is 11.8. The van der Waals surface area contributed by atoms with Gasteiger partial charge in [0.05, 0.1) is 16.5 Å². The molecule has 1 aromatic rings. The SMILES string of the molecule is CC1Sc2ccc(CCC(C)(C)O)cc2NC1=O. The third-order valence-electron chi connectivity index (χ3n) is 3.00. The fourth-order valence-corrected chi connectivity index (χ4v) is 2.79. The van der Waals surface area contributed by atoms with Crippen molar-refractivity contribution in [3.8, 4) is 0 Å². The normalized spacial score (nSPS) is 19.3. The lowest BCUT2D eigenvalue weighted by Crippen LogP contribution is -2.26. The molecule has 18 heavy (non-hydrogen) atoms. The number of anilines is 1. The Hall–Kier alpha value is -1.00. The Labute approximate surface area is 112 Å². The van der Waals surface area contributed by atoms with Gasteiger partial charge in [-0.05, 0) is 51.3 Å². The fraction of sp³-hybridized carbons (Fsp3) is 0.500. The molecular weight excluding hydrogens is 246 g/mol. The number of fused-ring (bicyclic) bond motifs is 1. The standard InChI is InChI=1S/C14H19NO2S/c1-9-13(16)15-11-8-10(4-5-12(11)18-9)6-7-14(2,3)17/h4-5,8-9,17H,6-7H2,1-3H3,(H,15,16). The van der Waals surface area contributed by atoms with E-state index in [9.17, 15) is 9.90 Å². The Bertz CT molecular complexity index is 465. The van der Waals surface area contributed by atoms with Crippen LogP contribution in [-0.4, -0.2) is 21.9 Å². The van der Waals surface area contributed by atoms with E-state index in [-0.39, 0.29) is 11.2 Å². The zero-order valence-electron chi connectivity index (χ0n) is 11.0. The number of amides is 1.